The van der Waals surface area contributed by atoms with E-state index >= 15 is 0 Å². The molecule has 0 spiro atoms. The maximum absolute atomic E-state index is 12.3. The fraction of sp³-hybridized carbons (Fsp3) is 0.462. The van der Waals surface area contributed by atoms with Crippen LogP contribution in [0.5, 0.6) is 0 Å². The number of nitrogens with one attached hydrogen (secondary N) is 1. The second kappa shape index (κ2) is 5.70. The number of rotatable bonds is 4. The molecule has 0 bridgehead atoms. The van der Waals surface area contributed by atoms with Crippen molar-refractivity contribution in [2.75, 3.05) is 20.1 Å². The molecule has 1 N–H and O–H groups in total. The summed E-state index contributed by atoms with van der Waals surface area (Å²) in [5.41, 5.74) is 0.994. The molecule has 6 heteroatoms. The molecule has 1 atom stereocenters. The summed E-state index contributed by atoms with van der Waals surface area (Å²) in [5.74, 6) is -0.104. The highest BCUT2D eigenvalue weighted by atomic mass is 32.2. The normalized spacial score (nSPS) is 20.3. The summed E-state index contributed by atoms with van der Waals surface area (Å²) in [4.78, 5) is 0. The molecular weight excluding hydrogens is 262 g/mol. The maximum Gasteiger partial charge on any atom is 0.218 e. The highest BCUT2D eigenvalue weighted by Crippen LogP contribution is 2.19. The minimum absolute atomic E-state index is 0.104. The molecular formula is C13H17N3O2S. The van der Waals surface area contributed by atoms with E-state index in [2.05, 4.69) is 5.32 Å². The van der Waals surface area contributed by atoms with E-state index in [-0.39, 0.29) is 11.8 Å². The number of benzene rings is 1. The van der Waals surface area contributed by atoms with Crippen molar-refractivity contribution in [2.24, 2.45) is 0 Å². The third kappa shape index (κ3) is 3.13. The smallest absolute Gasteiger partial charge is 0.218 e. The Labute approximate surface area is 113 Å². The molecule has 0 aliphatic carbocycles. The van der Waals surface area contributed by atoms with E-state index in [1.807, 2.05) is 13.1 Å². The van der Waals surface area contributed by atoms with Crippen LogP contribution >= 0.6 is 0 Å². The van der Waals surface area contributed by atoms with Crippen molar-refractivity contribution in [3.05, 3.63) is 35.4 Å². The van der Waals surface area contributed by atoms with Crippen molar-refractivity contribution >= 4 is 10.0 Å². The van der Waals surface area contributed by atoms with Crippen LogP contribution in [0.4, 0.5) is 0 Å². The van der Waals surface area contributed by atoms with Gasteiger partial charge in [-0.05, 0) is 25.1 Å². The van der Waals surface area contributed by atoms with Crippen LogP contribution in [-0.4, -0.2) is 38.9 Å². The first kappa shape index (κ1) is 14.0. The predicted octanol–water partition coefficient (Wildman–Crippen LogP) is 0.682. The summed E-state index contributed by atoms with van der Waals surface area (Å²) in [6.07, 6.45) is 0.829. The van der Waals surface area contributed by atoms with E-state index in [4.69, 9.17) is 5.26 Å². The summed E-state index contributed by atoms with van der Waals surface area (Å²) in [7, 11) is -1.51. The van der Waals surface area contributed by atoms with E-state index in [0.717, 1.165) is 6.42 Å². The predicted molar refractivity (Wildman–Crippen MR) is 72.8 cm³/mol. The Balaban J connectivity index is 2.16. The Bertz CT molecular complexity index is 592. The van der Waals surface area contributed by atoms with Gasteiger partial charge in [-0.1, -0.05) is 18.2 Å². The molecule has 0 aromatic heterocycles. The van der Waals surface area contributed by atoms with Gasteiger partial charge in [-0.15, -0.1) is 0 Å². The van der Waals surface area contributed by atoms with Gasteiger partial charge in [0.1, 0.15) is 0 Å². The quantitative estimate of drug-likeness (QED) is 0.879. The molecule has 1 aromatic rings. The van der Waals surface area contributed by atoms with Gasteiger partial charge in [-0.25, -0.2) is 12.7 Å². The second-order valence-corrected chi connectivity index (χ2v) is 6.63. The average molecular weight is 279 g/mol. The second-order valence-electron chi connectivity index (χ2n) is 4.66. The van der Waals surface area contributed by atoms with Crippen molar-refractivity contribution in [3.8, 4) is 6.07 Å². The molecule has 1 heterocycles. The molecule has 1 aliphatic heterocycles. The van der Waals surface area contributed by atoms with Crippen molar-refractivity contribution in [1.29, 1.82) is 5.26 Å². The standard InChI is InChI=1S/C13H17N3O2S/c1-15-13-6-7-16(9-13)19(17,18)10-12-5-3-2-4-11(12)8-14/h2-5,13,15H,6-7,9-10H2,1H3. The molecule has 19 heavy (non-hydrogen) atoms. The van der Waals surface area contributed by atoms with Crippen LogP contribution in [0, 0.1) is 11.3 Å². The lowest BCUT2D eigenvalue weighted by Gasteiger charge is -2.16. The highest BCUT2D eigenvalue weighted by molar-refractivity contribution is 7.88. The molecule has 1 fully saturated rings. The van der Waals surface area contributed by atoms with Gasteiger partial charge in [0.25, 0.3) is 0 Å². The number of sulfonamides is 1. The molecule has 102 valence electrons. The minimum Gasteiger partial charge on any atom is -0.316 e. The van der Waals surface area contributed by atoms with Gasteiger partial charge in [0.05, 0.1) is 17.4 Å². The van der Waals surface area contributed by atoms with Crippen LogP contribution in [0.2, 0.25) is 0 Å². The Hall–Kier alpha value is -1.42. The van der Waals surface area contributed by atoms with Crippen LogP contribution in [-0.2, 0) is 15.8 Å². The van der Waals surface area contributed by atoms with E-state index < -0.39 is 10.0 Å². The van der Waals surface area contributed by atoms with Gasteiger partial charge in [0.15, 0.2) is 0 Å². The van der Waals surface area contributed by atoms with E-state index in [0.29, 0.717) is 24.2 Å². The molecule has 1 unspecified atom stereocenters. The first-order valence-corrected chi connectivity index (χ1v) is 7.81. The van der Waals surface area contributed by atoms with Crippen molar-refractivity contribution in [3.63, 3.8) is 0 Å². The zero-order valence-electron chi connectivity index (χ0n) is 10.8. The summed E-state index contributed by atoms with van der Waals surface area (Å²) in [6.45, 7) is 1.05. The number of nitriles is 1. The summed E-state index contributed by atoms with van der Waals surface area (Å²) < 4.78 is 26.1. The maximum atomic E-state index is 12.3. The molecule has 1 aliphatic rings. The fourth-order valence-electron chi connectivity index (χ4n) is 2.26. The van der Waals surface area contributed by atoms with Crippen molar-refractivity contribution in [1.82, 2.24) is 9.62 Å². The largest absolute Gasteiger partial charge is 0.316 e. The lowest BCUT2D eigenvalue weighted by atomic mass is 10.1. The fourth-order valence-corrected chi connectivity index (χ4v) is 3.88. The van der Waals surface area contributed by atoms with Gasteiger partial charge in [0.2, 0.25) is 10.0 Å². The number of hydrogen-bond donors (Lipinski definition) is 1. The van der Waals surface area contributed by atoms with E-state index in [9.17, 15) is 8.42 Å². The Morgan fingerprint density at radius 1 is 1.47 bits per heavy atom. The molecule has 0 saturated carbocycles. The summed E-state index contributed by atoms with van der Waals surface area (Å²) in [6, 6.07) is 9.09. The third-order valence-electron chi connectivity index (χ3n) is 3.43. The van der Waals surface area contributed by atoms with Crippen LogP contribution in [0.1, 0.15) is 17.5 Å². The molecule has 1 saturated heterocycles. The minimum atomic E-state index is -3.35. The van der Waals surface area contributed by atoms with E-state index in [1.54, 1.807) is 24.3 Å². The summed E-state index contributed by atoms with van der Waals surface area (Å²) in [5, 5.41) is 12.1. The zero-order valence-corrected chi connectivity index (χ0v) is 11.7. The topological polar surface area (TPSA) is 73.2 Å². The van der Waals surface area contributed by atoms with Crippen LogP contribution in [0.3, 0.4) is 0 Å². The molecule has 2 rings (SSSR count). The van der Waals surface area contributed by atoms with Crippen molar-refractivity contribution < 1.29 is 8.42 Å². The van der Waals surface area contributed by atoms with Gasteiger partial charge >= 0.3 is 0 Å². The van der Waals surface area contributed by atoms with Gasteiger partial charge in [-0.3, -0.25) is 0 Å². The van der Waals surface area contributed by atoms with Crippen LogP contribution in [0.15, 0.2) is 24.3 Å². The average Bonchev–Trinajstić information content (AvgIpc) is 2.88. The van der Waals surface area contributed by atoms with Crippen molar-refractivity contribution in [2.45, 2.75) is 18.2 Å². The number of nitrogens with zero attached hydrogens (tertiary/aromatic N) is 2. The zero-order chi connectivity index (χ0) is 13.9. The Kier molecular flexibility index (Phi) is 4.20. The third-order valence-corrected chi connectivity index (χ3v) is 5.22. The first-order valence-electron chi connectivity index (χ1n) is 6.20. The molecule has 0 radical (unpaired) electrons. The molecule has 1 aromatic carbocycles. The summed E-state index contributed by atoms with van der Waals surface area (Å²) >= 11 is 0. The molecule has 0 amide bonds. The van der Waals surface area contributed by atoms with Crippen LogP contribution in [0.25, 0.3) is 0 Å². The SMILES string of the molecule is CNC1CCN(S(=O)(=O)Cc2ccccc2C#N)C1. The Morgan fingerprint density at radius 2 is 2.21 bits per heavy atom. The lowest BCUT2D eigenvalue weighted by molar-refractivity contribution is 0.464. The Morgan fingerprint density at radius 3 is 2.84 bits per heavy atom. The lowest BCUT2D eigenvalue weighted by Crippen LogP contribution is -2.34. The monoisotopic (exact) mass is 279 g/mol. The van der Waals surface area contributed by atoms with Gasteiger partial charge in [0, 0.05) is 19.1 Å². The molecule has 5 nitrogen and oxygen atoms in total. The van der Waals surface area contributed by atoms with Crippen LogP contribution < -0.4 is 5.32 Å². The van der Waals surface area contributed by atoms with Gasteiger partial charge in [-0.2, -0.15) is 5.26 Å². The number of likely N-dealkylation sites (N-methyl/N-ethyl adjacent to an activating group) is 1. The number of hydrogen-bond acceptors (Lipinski definition) is 4. The van der Waals surface area contributed by atoms with E-state index in [1.165, 1.54) is 4.31 Å². The van der Waals surface area contributed by atoms with Gasteiger partial charge < -0.3 is 5.32 Å². The first-order chi connectivity index (χ1) is 9.06. The highest BCUT2D eigenvalue weighted by Gasteiger charge is 2.30.